The quantitative estimate of drug-likeness (QED) is 0.562. The van der Waals surface area contributed by atoms with Crippen molar-refractivity contribution in [2.24, 2.45) is 0 Å². The maximum atomic E-state index is 13.0. The molecule has 0 radical (unpaired) electrons. The number of benzene rings is 2. The van der Waals surface area contributed by atoms with Gasteiger partial charge in [0.2, 0.25) is 0 Å². The summed E-state index contributed by atoms with van der Waals surface area (Å²) in [5.74, 6) is 0. The highest BCUT2D eigenvalue weighted by molar-refractivity contribution is 5.85. The van der Waals surface area contributed by atoms with Gasteiger partial charge in [0, 0.05) is 5.41 Å². The third kappa shape index (κ3) is 5.89. The topological polar surface area (TPSA) is 21.3 Å². The second kappa shape index (κ2) is 9.58. The van der Waals surface area contributed by atoms with Gasteiger partial charge in [-0.3, -0.25) is 0 Å². The summed E-state index contributed by atoms with van der Waals surface area (Å²) in [6.45, 7) is 1.42. The van der Waals surface area contributed by atoms with Crippen LogP contribution in [0.5, 0.6) is 0 Å². The molecule has 1 aliphatic rings. The monoisotopic (exact) mass is 453 g/mol. The van der Waals surface area contributed by atoms with Crippen molar-refractivity contribution in [3.63, 3.8) is 0 Å². The molecule has 0 bridgehead atoms. The lowest BCUT2D eigenvalue weighted by Crippen LogP contribution is -2.43. The molecular weight excluding hydrogens is 432 g/mol. The van der Waals surface area contributed by atoms with Crippen LogP contribution in [0.25, 0.3) is 0 Å². The van der Waals surface area contributed by atoms with Crippen molar-refractivity contribution in [1.29, 1.82) is 0 Å². The van der Waals surface area contributed by atoms with Gasteiger partial charge in [-0.25, -0.2) is 0 Å². The summed E-state index contributed by atoms with van der Waals surface area (Å²) in [6.07, 6.45) is -8.19. The van der Waals surface area contributed by atoms with Gasteiger partial charge in [-0.1, -0.05) is 30.3 Å². The molecule has 166 valence electrons. The van der Waals surface area contributed by atoms with Crippen LogP contribution in [0.1, 0.15) is 35.1 Å². The van der Waals surface area contributed by atoms with Gasteiger partial charge in [0.1, 0.15) is 0 Å². The van der Waals surface area contributed by atoms with E-state index in [4.69, 9.17) is 4.74 Å². The molecule has 0 unspecified atom stereocenters. The van der Waals surface area contributed by atoms with Crippen molar-refractivity contribution < 1.29 is 31.1 Å². The van der Waals surface area contributed by atoms with E-state index < -0.39 is 23.5 Å². The minimum atomic E-state index is -4.86. The van der Waals surface area contributed by atoms with Crippen LogP contribution in [0, 0.1) is 0 Å². The normalized spacial score (nSPS) is 16.7. The molecule has 0 aliphatic carbocycles. The zero-order chi connectivity index (χ0) is 21.1. The lowest BCUT2D eigenvalue weighted by Gasteiger charge is -2.38. The van der Waals surface area contributed by atoms with Crippen molar-refractivity contribution in [2.75, 3.05) is 19.7 Å². The average Bonchev–Trinajstić information content (AvgIpc) is 2.68. The third-order valence-corrected chi connectivity index (χ3v) is 5.24. The molecule has 2 aromatic rings. The van der Waals surface area contributed by atoms with Crippen LogP contribution in [0.4, 0.5) is 26.3 Å². The van der Waals surface area contributed by atoms with Crippen LogP contribution in [0.3, 0.4) is 0 Å². The van der Waals surface area contributed by atoms with E-state index in [9.17, 15) is 26.3 Å². The van der Waals surface area contributed by atoms with Gasteiger partial charge >= 0.3 is 12.4 Å². The van der Waals surface area contributed by atoms with Crippen molar-refractivity contribution in [2.45, 2.75) is 37.2 Å². The first kappa shape index (κ1) is 24.5. The number of alkyl halides is 6. The van der Waals surface area contributed by atoms with E-state index >= 15 is 0 Å². The Morgan fingerprint density at radius 2 is 1.37 bits per heavy atom. The molecule has 0 saturated carbocycles. The molecule has 0 amide bonds. The van der Waals surface area contributed by atoms with E-state index in [1.54, 1.807) is 0 Å². The molecule has 1 heterocycles. The Hall–Kier alpha value is -1.77. The number of ether oxygens (including phenoxy) is 1. The number of piperidine rings is 1. The predicted octanol–water partition coefficient (Wildman–Crippen LogP) is 5.98. The van der Waals surface area contributed by atoms with E-state index in [-0.39, 0.29) is 42.7 Å². The van der Waals surface area contributed by atoms with Gasteiger partial charge in [-0.2, -0.15) is 26.3 Å². The summed E-state index contributed by atoms with van der Waals surface area (Å²) in [5.41, 5.74) is -2.07. The Morgan fingerprint density at radius 1 is 0.833 bits per heavy atom. The first-order valence-electron chi connectivity index (χ1n) is 9.23. The fourth-order valence-corrected chi connectivity index (χ4v) is 3.68. The zero-order valence-corrected chi connectivity index (χ0v) is 16.8. The molecule has 0 spiro atoms. The third-order valence-electron chi connectivity index (χ3n) is 5.24. The summed E-state index contributed by atoms with van der Waals surface area (Å²) >= 11 is 0. The smallest absolute Gasteiger partial charge is 0.376 e. The van der Waals surface area contributed by atoms with Crippen molar-refractivity contribution in [1.82, 2.24) is 5.32 Å². The lowest BCUT2D eigenvalue weighted by atomic mass is 9.74. The molecule has 1 fully saturated rings. The molecule has 0 atom stereocenters. The molecule has 9 heteroatoms. The van der Waals surface area contributed by atoms with Crippen LogP contribution in [-0.2, 0) is 29.1 Å². The van der Waals surface area contributed by atoms with E-state index in [2.05, 4.69) is 5.32 Å². The largest absolute Gasteiger partial charge is 0.416 e. The van der Waals surface area contributed by atoms with E-state index in [0.717, 1.165) is 31.5 Å². The zero-order valence-electron chi connectivity index (χ0n) is 15.9. The first-order chi connectivity index (χ1) is 13.6. The number of rotatable bonds is 5. The SMILES string of the molecule is Cl.FC(F)(F)c1cc(COCC2(c3ccccc3)CCNCC2)cc(C(F)(F)F)c1. The Balaban J connectivity index is 0.00000320. The maximum absolute atomic E-state index is 13.0. The number of nitrogens with one attached hydrogen (secondary N) is 1. The van der Waals surface area contributed by atoms with E-state index in [1.165, 1.54) is 0 Å². The van der Waals surface area contributed by atoms with Gasteiger partial charge in [-0.05, 0) is 55.3 Å². The van der Waals surface area contributed by atoms with Crippen molar-refractivity contribution >= 4 is 12.4 Å². The second-order valence-electron chi connectivity index (χ2n) is 7.30. The highest BCUT2D eigenvalue weighted by Gasteiger charge is 2.37. The molecule has 3 rings (SSSR count). The van der Waals surface area contributed by atoms with Crippen LogP contribution >= 0.6 is 12.4 Å². The highest BCUT2D eigenvalue weighted by Crippen LogP contribution is 2.37. The lowest BCUT2D eigenvalue weighted by molar-refractivity contribution is -0.143. The van der Waals surface area contributed by atoms with Crippen LogP contribution in [-0.4, -0.2) is 19.7 Å². The fourth-order valence-electron chi connectivity index (χ4n) is 3.68. The summed E-state index contributed by atoms with van der Waals surface area (Å²) in [6, 6.07) is 11.2. The van der Waals surface area contributed by atoms with E-state index in [1.807, 2.05) is 30.3 Å². The number of hydrogen-bond acceptors (Lipinski definition) is 2. The summed E-state index contributed by atoms with van der Waals surface area (Å²) in [5, 5.41) is 3.26. The number of hydrogen-bond donors (Lipinski definition) is 1. The number of halogens is 7. The highest BCUT2D eigenvalue weighted by atomic mass is 35.5. The van der Waals surface area contributed by atoms with Gasteiger partial charge in [0.25, 0.3) is 0 Å². The Kier molecular flexibility index (Phi) is 7.82. The Labute approximate surface area is 177 Å². The van der Waals surface area contributed by atoms with Crippen LogP contribution in [0.15, 0.2) is 48.5 Å². The van der Waals surface area contributed by atoms with Crippen molar-refractivity contribution in [3.05, 3.63) is 70.8 Å². The molecular formula is C21H22ClF6NO. The van der Waals surface area contributed by atoms with Gasteiger partial charge < -0.3 is 10.1 Å². The van der Waals surface area contributed by atoms with Gasteiger partial charge in [0.15, 0.2) is 0 Å². The molecule has 0 aromatic heterocycles. The van der Waals surface area contributed by atoms with Crippen LogP contribution in [0.2, 0.25) is 0 Å². The van der Waals surface area contributed by atoms with Gasteiger partial charge in [-0.15, -0.1) is 12.4 Å². The predicted molar refractivity (Wildman–Crippen MR) is 104 cm³/mol. The molecule has 2 nitrogen and oxygen atoms in total. The maximum Gasteiger partial charge on any atom is 0.416 e. The summed E-state index contributed by atoms with van der Waals surface area (Å²) in [7, 11) is 0. The van der Waals surface area contributed by atoms with Crippen LogP contribution < -0.4 is 5.32 Å². The second-order valence-corrected chi connectivity index (χ2v) is 7.30. The molecule has 1 N–H and O–H groups in total. The fraction of sp³-hybridized carbons (Fsp3) is 0.429. The standard InChI is InChI=1S/C21H21F6NO.ClH/c22-20(23,24)17-10-15(11-18(12-17)21(25,26)27)13-29-14-19(6-8-28-9-7-19)16-4-2-1-3-5-16;/h1-5,10-12,28H,6-9,13-14H2;1H. The molecule has 1 aliphatic heterocycles. The first-order valence-corrected chi connectivity index (χ1v) is 9.23. The average molecular weight is 454 g/mol. The Morgan fingerprint density at radius 3 is 1.87 bits per heavy atom. The van der Waals surface area contributed by atoms with Gasteiger partial charge in [0.05, 0.1) is 24.3 Å². The molecule has 30 heavy (non-hydrogen) atoms. The summed E-state index contributed by atoms with van der Waals surface area (Å²) in [4.78, 5) is 0. The Bertz CT molecular complexity index is 784. The van der Waals surface area contributed by atoms with Crippen molar-refractivity contribution in [3.8, 4) is 0 Å². The molecule has 2 aromatic carbocycles. The molecule has 1 saturated heterocycles. The van der Waals surface area contributed by atoms with E-state index in [0.29, 0.717) is 12.1 Å². The summed E-state index contributed by atoms with van der Waals surface area (Å²) < 4.78 is 83.8. The minimum absolute atomic E-state index is 0. The minimum Gasteiger partial charge on any atom is -0.376 e.